The first kappa shape index (κ1) is 18.1. The number of rotatable bonds is 10. The van der Waals surface area contributed by atoms with Crippen LogP contribution in [0.2, 0.25) is 0 Å². The van der Waals surface area contributed by atoms with E-state index in [4.69, 9.17) is 4.42 Å². The fourth-order valence-corrected chi connectivity index (χ4v) is 3.07. The van der Waals surface area contributed by atoms with Crippen molar-refractivity contribution in [2.24, 2.45) is 0 Å². The Morgan fingerprint density at radius 1 is 1.42 bits per heavy atom. The smallest absolute Gasteiger partial charge is 0.233 e. The minimum atomic E-state index is -0.124. The van der Waals surface area contributed by atoms with E-state index >= 15 is 0 Å². The molecule has 0 fully saturated rings. The molecule has 0 radical (unpaired) electrons. The van der Waals surface area contributed by atoms with Gasteiger partial charge < -0.3 is 19.0 Å². The minimum Gasteiger partial charge on any atom is -0.467 e. The summed E-state index contributed by atoms with van der Waals surface area (Å²) in [7, 11) is 0. The second-order valence-corrected chi connectivity index (χ2v) is 5.96. The lowest BCUT2D eigenvalue weighted by molar-refractivity contribution is -0.127. The molecule has 0 aliphatic rings. The Kier molecular flexibility index (Phi) is 6.89. The summed E-state index contributed by atoms with van der Waals surface area (Å²) < 4.78 is 7.20. The van der Waals surface area contributed by atoms with Crippen molar-refractivity contribution in [3.8, 4) is 0 Å². The van der Waals surface area contributed by atoms with Gasteiger partial charge in [0, 0.05) is 13.1 Å². The highest BCUT2D eigenvalue weighted by atomic mass is 32.2. The predicted molar refractivity (Wildman–Crippen MR) is 93.7 cm³/mol. The van der Waals surface area contributed by atoms with E-state index in [0.717, 1.165) is 5.76 Å². The zero-order valence-electron chi connectivity index (χ0n) is 13.4. The Balaban J connectivity index is 2.06. The highest BCUT2D eigenvalue weighted by Crippen LogP contribution is 2.21. The van der Waals surface area contributed by atoms with E-state index in [-0.39, 0.29) is 18.3 Å². The van der Waals surface area contributed by atoms with Gasteiger partial charge in [-0.05, 0) is 12.1 Å². The number of carbonyl (C=O) groups is 1. The Hall–Kier alpha value is -2.25. The molecule has 0 atom stereocenters. The van der Waals surface area contributed by atoms with Gasteiger partial charge in [0.25, 0.3) is 0 Å². The average molecular weight is 347 g/mol. The second-order valence-electron chi connectivity index (χ2n) is 5.02. The summed E-state index contributed by atoms with van der Waals surface area (Å²) in [5.74, 6) is 0.996. The summed E-state index contributed by atoms with van der Waals surface area (Å²) in [4.78, 5) is 18.3. The average Bonchev–Trinajstić information content (AvgIpc) is 3.22. The van der Waals surface area contributed by atoms with E-state index < -0.39 is 0 Å². The molecule has 0 saturated heterocycles. The van der Waals surface area contributed by atoms with E-state index in [2.05, 4.69) is 18.1 Å². The maximum Gasteiger partial charge on any atom is 0.233 e. The van der Waals surface area contributed by atoms with Gasteiger partial charge >= 0.3 is 0 Å². The van der Waals surface area contributed by atoms with Crippen LogP contribution in [0.25, 0.3) is 0 Å². The summed E-state index contributed by atoms with van der Waals surface area (Å²) >= 11 is 1.33. The maximum atomic E-state index is 12.3. The zero-order chi connectivity index (χ0) is 17.4. The number of hydrogen-bond acceptors (Lipinski definition) is 5. The van der Waals surface area contributed by atoms with Crippen molar-refractivity contribution in [2.45, 2.75) is 18.3 Å². The van der Waals surface area contributed by atoms with Crippen LogP contribution in [0.15, 0.2) is 59.5 Å². The van der Waals surface area contributed by atoms with Crippen LogP contribution in [0, 0.1) is 0 Å². The van der Waals surface area contributed by atoms with Crippen LogP contribution in [0.5, 0.6) is 0 Å². The van der Waals surface area contributed by atoms with Gasteiger partial charge in [0.05, 0.1) is 37.1 Å². The number of aliphatic hydroxyl groups is 1. The number of furan rings is 1. The molecule has 7 heteroatoms. The van der Waals surface area contributed by atoms with Gasteiger partial charge in [-0.3, -0.25) is 4.79 Å². The van der Waals surface area contributed by atoms with Crippen molar-refractivity contribution >= 4 is 17.7 Å². The van der Waals surface area contributed by atoms with Crippen molar-refractivity contribution in [1.29, 1.82) is 0 Å². The molecule has 128 valence electrons. The van der Waals surface area contributed by atoms with E-state index in [1.54, 1.807) is 29.5 Å². The lowest BCUT2D eigenvalue weighted by Crippen LogP contribution is -2.32. The minimum absolute atomic E-state index is 0.0158. The molecule has 2 aromatic rings. The van der Waals surface area contributed by atoms with E-state index in [1.165, 1.54) is 11.8 Å². The van der Waals surface area contributed by atoms with Crippen LogP contribution < -0.4 is 0 Å². The number of carbonyl (C=O) groups excluding carboxylic acids is 1. The van der Waals surface area contributed by atoms with Crippen LogP contribution in [-0.4, -0.2) is 44.3 Å². The second kappa shape index (κ2) is 9.14. The predicted octanol–water partition coefficient (Wildman–Crippen LogP) is 2.31. The molecule has 0 spiro atoms. The number of hydrogen-bond donors (Lipinski definition) is 1. The molecule has 6 nitrogen and oxygen atoms in total. The molecule has 0 bridgehead atoms. The molecule has 2 heterocycles. The third-order valence-electron chi connectivity index (χ3n) is 3.33. The Bertz CT molecular complexity index is 669. The number of thioether (sulfide) groups is 1. The fourth-order valence-electron chi connectivity index (χ4n) is 2.17. The van der Waals surface area contributed by atoms with Crippen molar-refractivity contribution < 1.29 is 14.3 Å². The van der Waals surface area contributed by atoms with Crippen molar-refractivity contribution in [3.05, 3.63) is 61.4 Å². The Morgan fingerprint density at radius 2 is 2.17 bits per heavy atom. The number of amides is 1. The van der Waals surface area contributed by atoms with Crippen LogP contribution in [0.4, 0.5) is 0 Å². The summed E-state index contributed by atoms with van der Waals surface area (Å²) in [5, 5.41) is 10.1. The molecule has 0 saturated carbocycles. The molecule has 24 heavy (non-hydrogen) atoms. The summed E-state index contributed by atoms with van der Waals surface area (Å²) in [5.41, 5.74) is 0.676. The standard InChI is InChI=1S/C17H21N3O3S/c1-3-7-19(8-4-2)16(22)13-24-17-18-10-14(12-21)20(17)11-15-6-5-9-23-15/h3-6,9-10,21H,1-2,7-8,11-13H2. The highest BCUT2D eigenvalue weighted by Gasteiger charge is 2.16. The normalized spacial score (nSPS) is 10.5. The molecule has 2 aromatic heterocycles. The van der Waals surface area contributed by atoms with Gasteiger partial charge in [-0.1, -0.05) is 23.9 Å². The summed E-state index contributed by atoms with van der Waals surface area (Å²) in [6, 6.07) is 3.67. The molecule has 1 amide bonds. The molecule has 0 aliphatic carbocycles. The monoisotopic (exact) mass is 347 g/mol. The molecule has 1 N–H and O–H groups in total. The van der Waals surface area contributed by atoms with Gasteiger partial charge in [0.15, 0.2) is 5.16 Å². The molecule has 2 rings (SSSR count). The zero-order valence-corrected chi connectivity index (χ0v) is 14.2. The molecular weight excluding hydrogens is 326 g/mol. The van der Waals surface area contributed by atoms with Crippen molar-refractivity contribution in [3.63, 3.8) is 0 Å². The third-order valence-corrected chi connectivity index (χ3v) is 4.31. The van der Waals surface area contributed by atoms with Crippen LogP contribution >= 0.6 is 11.8 Å². The van der Waals surface area contributed by atoms with E-state index in [0.29, 0.717) is 30.5 Å². The molecular formula is C17H21N3O3S. The van der Waals surface area contributed by atoms with E-state index in [9.17, 15) is 9.90 Å². The SMILES string of the molecule is C=CCN(CC=C)C(=O)CSc1ncc(CO)n1Cc1ccco1. The number of aromatic nitrogens is 2. The topological polar surface area (TPSA) is 71.5 Å². The van der Waals surface area contributed by atoms with Crippen molar-refractivity contribution in [1.82, 2.24) is 14.5 Å². The Labute approximate surface area is 145 Å². The lowest BCUT2D eigenvalue weighted by atomic mass is 10.4. The van der Waals surface area contributed by atoms with Crippen LogP contribution in [0.3, 0.4) is 0 Å². The number of imidazole rings is 1. The van der Waals surface area contributed by atoms with E-state index in [1.807, 2.05) is 16.7 Å². The Morgan fingerprint density at radius 3 is 2.75 bits per heavy atom. The lowest BCUT2D eigenvalue weighted by Gasteiger charge is -2.19. The first-order chi connectivity index (χ1) is 11.7. The maximum absolute atomic E-state index is 12.3. The van der Waals surface area contributed by atoms with Gasteiger partial charge in [-0.25, -0.2) is 4.98 Å². The van der Waals surface area contributed by atoms with Gasteiger partial charge in [-0.15, -0.1) is 13.2 Å². The van der Waals surface area contributed by atoms with Gasteiger partial charge in [0.1, 0.15) is 5.76 Å². The highest BCUT2D eigenvalue weighted by molar-refractivity contribution is 7.99. The van der Waals surface area contributed by atoms with Crippen molar-refractivity contribution in [2.75, 3.05) is 18.8 Å². The third kappa shape index (κ3) is 4.62. The number of nitrogens with zero attached hydrogens (tertiary/aromatic N) is 3. The first-order valence-corrected chi connectivity index (χ1v) is 8.48. The summed E-state index contributed by atoms with van der Waals surface area (Å²) in [6.45, 7) is 8.63. The quantitative estimate of drug-likeness (QED) is 0.527. The number of aliphatic hydroxyl groups excluding tert-OH is 1. The summed E-state index contributed by atoms with van der Waals surface area (Å²) in [6.07, 6.45) is 6.59. The van der Waals surface area contributed by atoms with Gasteiger partial charge in [-0.2, -0.15) is 0 Å². The molecule has 0 aromatic carbocycles. The first-order valence-electron chi connectivity index (χ1n) is 7.49. The largest absolute Gasteiger partial charge is 0.467 e. The molecule has 0 unspecified atom stereocenters. The van der Waals surface area contributed by atoms with Crippen LogP contribution in [0.1, 0.15) is 11.5 Å². The fraction of sp³-hybridized carbons (Fsp3) is 0.294. The molecule has 0 aliphatic heterocycles. The van der Waals surface area contributed by atoms with Gasteiger partial charge in [0.2, 0.25) is 5.91 Å². The van der Waals surface area contributed by atoms with Crippen LogP contribution in [-0.2, 0) is 17.9 Å².